The minimum atomic E-state index is -0.295. The minimum Gasteiger partial charge on any atom is -0.370 e. The van der Waals surface area contributed by atoms with E-state index in [1.54, 1.807) is 19.1 Å². The molecule has 1 fully saturated rings. The van der Waals surface area contributed by atoms with Crippen LogP contribution in [0.1, 0.15) is 30.7 Å². The van der Waals surface area contributed by atoms with Gasteiger partial charge >= 0.3 is 0 Å². The Labute approximate surface area is 191 Å². The van der Waals surface area contributed by atoms with E-state index in [1.807, 2.05) is 24.3 Å². The molecule has 2 aromatic carbocycles. The van der Waals surface area contributed by atoms with Gasteiger partial charge in [-0.15, -0.1) is 0 Å². The second-order valence-electron chi connectivity index (χ2n) is 8.20. The number of nitrogens with one attached hydrogen (secondary N) is 1. The number of benzene rings is 2. The van der Waals surface area contributed by atoms with Crippen LogP contribution in [0.15, 0.2) is 47.0 Å². The fraction of sp³-hybridized carbons (Fsp3) is 0.333. The fourth-order valence-corrected chi connectivity index (χ4v) is 3.95. The van der Waals surface area contributed by atoms with E-state index < -0.39 is 0 Å². The predicted molar refractivity (Wildman–Crippen MR) is 122 cm³/mol. The molecule has 0 saturated carbocycles. The average Bonchev–Trinajstić information content (AvgIpc) is 3.29. The zero-order chi connectivity index (χ0) is 23.4. The Morgan fingerprint density at radius 3 is 2.70 bits per heavy atom. The molecule has 172 valence electrons. The molecule has 1 aliphatic rings. The lowest BCUT2D eigenvalue weighted by Crippen LogP contribution is -2.38. The number of carbonyl (C=O) groups is 2. The van der Waals surface area contributed by atoms with Gasteiger partial charge in [0.15, 0.2) is 0 Å². The van der Waals surface area contributed by atoms with Gasteiger partial charge in [-0.3, -0.25) is 9.59 Å². The van der Waals surface area contributed by atoms with Crippen molar-refractivity contribution in [3.05, 3.63) is 59.7 Å². The summed E-state index contributed by atoms with van der Waals surface area (Å²) in [5.41, 5.74) is 8.21. The van der Waals surface area contributed by atoms with Gasteiger partial charge in [0.2, 0.25) is 23.5 Å². The first-order valence-corrected chi connectivity index (χ1v) is 10.9. The molecule has 0 unspecified atom stereocenters. The van der Waals surface area contributed by atoms with Gasteiger partial charge in [0.25, 0.3) is 0 Å². The highest BCUT2D eigenvalue weighted by Crippen LogP contribution is 2.30. The van der Waals surface area contributed by atoms with E-state index in [1.165, 1.54) is 6.07 Å². The van der Waals surface area contributed by atoms with Crippen LogP contribution < -0.4 is 16.0 Å². The van der Waals surface area contributed by atoms with Crippen molar-refractivity contribution < 1.29 is 18.5 Å². The van der Waals surface area contributed by atoms with Crippen LogP contribution in [0.5, 0.6) is 0 Å². The topological polar surface area (TPSA) is 114 Å². The molecule has 0 atom stereocenters. The highest BCUT2D eigenvalue weighted by atomic mass is 19.1. The minimum absolute atomic E-state index is 0.0962. The molecule has 3 N–H and O–H groups in total. The molecule has 0 radical (unpaired) electrons. The molecule has 1 saturated heterocycles. The maximum atomic E-state index is 13.5. The van der Waals surface area contributed by atoms with Crippen molar-refractivity contribution in [2.75, 3.05) is 23.3 Å². The van der Waals surface area contributed by atoms with E-state index in [0.717, 1.165) is 5.69 Å². The molecule has 4 rings (SSSR count). The van der Waals surface area contributed by atoms with Gasteiger partial charge in [-0.25, -0.2) is 4.39 Å². The number of primary amides is 1. The summed E-state index contributed by atoms with van der Waals surface area (Å²) >= 11 is 0. The van der Waals surface area contributed by atoms with E-state index in [2.05, 4.69) is 20.4 Å². The third kappa shape index (κ3) is 5.36. The molecule has 3 aromatic rings. The van der Waals surface area contributed by atoms with Gasteiger partial charge in [0, 0.05) is 37.4 Å². The fourth-order valence-electron chi connectivity index (χ4n) is 3.95. The highest BCUT2D eigenvalue weighted by molar-refractivity contribution is 5.94. The maximum absolute atomic E-state index is 13.5. The first-order chi connectivity index (χ1) is 15.9. The number of rotatable bonds is 7. The molecular weight excluding hydrogens is 425 g/mol. The second kappa shape index (κ2) is 9.81. The van der Waals surface area contributed by atoms with E-state index >= 15 is 0 Å². The number of amides is 2. The molecule has 9 heteroatoms. The Morgan fingerprint density at radius 2 is 1.97 bits per heavy atom. The molecule has 0 bridgehead atoms. The van der Waals surface area contributed by atoms with Gasteiger partial charge in [0.05, 0.1) is 11.4 Å². The number of hydrogen-bond donors (Lipinski definition) is 2. The van der Waals surface area contributed by atoms with Crippen molar-refractivity contribution in [3.8, 4) is 11.4 Å². The summed E-state index contributed by atoms with van der Waals surface area (Å²) in [6.07, 6.45) is 1.85. The molecule has 0 aliphatic carbocycles. The van der Waals surface area contributed by atoms with Crippen LogP contribution in [0.25, 0.3) is 11.4 Å². The Balaban J connectivity index is 1.35. The largest absolute Gasteiger partial charge is 0.370 e. The molecular formula is C24H26FN5O3. The van der Waals surface area contributed by atoms with Gasteiger partial charge in [0.1, 0.15) is 5.82 Å². The number of para-hydroxylation sites is 2. The van der Waals surface area contributed by atoms with Gasteiger partial charge in [-0.1, -0.05) is 17.3 Å². The molecule has 2 amide bonds. The molecule has 0 spiro atoms. The average molecular weight is 452 g/mol. The summed E-state index contributed by atoms with van der Waals surface area (Å²) in [7, 11) is 0. The highest BCUT2D eigenvalue weighted by Gasteiger charge is 2.24. The molecule has 1 aromatic heterocycles. The predicted octanol–water partition coefficient (Wildman–Crippen LogP) is 3.46. The SMILES string of the molecule is Cc1cc(-c2noc(CCC(=O)Nc3ccccc3N3CCC(C(N)=O)CC3)n2)ccc1F. The smallest absolute Gasteiger partial charge is 0.227 e. The molecule has 2 heterocycles. The number of aryl methyl sites for hydroxylation is 2. The second-order valence-corrected chi connectivity index (χ2v) is 8.20. The normalized spacial score (nSPS) is 14.3. The summed E-state index contributed by atoms with van der Waals surface area (Å²) in [4.78, 5) is 30.5. The van der Waals surface area contributed by atoms with Crippen LogP contribution in [0.2, 0.25) is 0 Å². The first kappa shape index (κ1) is 22.4. The van der Waals surface area contributed by atoms with Gasteiger partial charge < -0.3 is 20.5 Å². The summed E-state index contributed by atoms with van der Waals surface area (Å²) in [6.45, 7) is 3.07. The number of anilines is 2. The van der Waals surface area contributed by atoms with Crippen LogP contribution in [-0.2, 0) is 16.0 Å². The zero-order valence-corrected chi connectivity index (χ0v) is 18.4. The van der Waals surface area contributed by atoms with Crippen LogP contribution in [0, 0.1) is 18.7 Å². The van der Waals surface area contributed by atoms with E-state index in [4.69, 9.17) is 10.3 Å². The zero-order valence-electron chi connectivity index (χ0n) is 18.4. The summed E-state index contributed by atoms with van der Waals surface area (Å²) in [5, 5.41) is 6.89. The Hall–Kier alpha value is -3.75. The van der Waals surface area contributed by atoms with Crippen molar-refractivity contribution in [2.45, 2.75) is 32.6 Å². The number of nitrogens with zero attached hydrogens (tertiary/aromatic N) is 3. The lowest BCUT2D eigenvalue weighted by atomic mass is 9.96. The summed E-state index contributed by atoms with van der Waals surface area (Å²) in [6, 6.07) is 12.2. The lowest BCUT2D eigenvalue weighted by molar-refractivity contribution is -0.122. The number of aromatic nitrogens is 2. The lowest BCUT2D eigenvalue weighted by Gasteiger charge is -2.33. The number of carbonyl (C=O) groups excluding carboxylic acids is 2. The van der Waals surface area contributed by atoms with Crippen molar-refractivity contribution in [1.82, 2.24) is 10.1 Å². The monoisotopic (exact) mass is 451 g/mol. The van der Waals surface area contributed by atoms with Crippen LogP contribution >= 0.6 is 0 Å². The van der Waals surface area contributed by atoms with Crippen LogP contribution in [-0.4, -0.2) is 35.0 Å². The molecule has 8 nitrogen and oxygen atoms in total. The Kier molecular flexibility index (Phi) is 6.67. The number of piperidine rings is 1. The molecule has 1 aliphatic heterocycles. The first-order valence-electron chi connectivity index (χ1n) is 10.9. The van der Waals surface area contributed by atoms with Crippen molar-refractivity contribution in [1.29, 1.82) is 0 Å². The van der Waals surface area contributed by atoms with Crippen molar-refractivity contribution in [2.24, 2.45) is 11.7 Å². The quantitative estimate of drug-likeness (QED) is 0.569. The summed E-state index contributed by atoms with van der Waals surface area (Å²) < 4.78 is 18.7. The number of nitrogens with two attached hydrogens (primary N) is 1. The molecule has 33 heavy (non-hydrogen) atoms. The van der Waals surface area contributed by atoms with E-state index in [-0.39, 0.29) is 36.4 Å². The van der Waals surface area contributed by atoms with Crippen molar-refractivity contribution in [3.63, 3.8) is 0 Å². The van der Waals surface area contributed by atoms with E-state index in [0.29, 0.717) is 54.5 Å². The van der Waals surface area contributed by atoms with Crippen LogP contribution in [0.3, 0.4) is 0 Å². The Morgan fingerprint density at radius 1 is 1.21 bits per heavy atom. The standard InChI is InChI=1S/C24H26FN5O3/c1-15-14-17(6-7-18(15)25)24-28-22(33-29-24)9-8-21(31)27-19-4-2-3-5-20(19)30-12-10-16(11-13-30)23(26)32/h2-7,14,16H,8-13H2,1H3,(H2,26,32)(H,27,31). The maximum Gasteiger partial charge on any atom is 0.227 e. The van der Waals surface area contributed by atoms with Crippen molar-refractivity contribution >= 4 is 23.2 Å². The van der Waals surface area contributed by atoms with Gasteiger partial charge in [-0.05, 0) is 55.7 Å². The van der Waals surface area contributed by atoms with E-state index in [9.17, 15) is 14.0 Å². The number of halogens is 1. The third-order valence-electron chi connectivity index (χ3n) is 5.87. The van der Waals surface area contributed by atoms with Crippen LogP contribution in [0.4, 0.5) is 15.8 Å². The third-order valence-corrected chi connectivity index (χ3v) is 5.87. The number of hydrogen-bond acceptors (Lipinski definition) is 6. The summed E-state index contributed by atoms with van der Waals surface area (Å²) in [5.74, 6) is -0.123. The van der Waals surface area contributed by atoms with Gasteiger partial charge in [-0.2, -0.15) is 4.98 Å². The Bertz CT molecular complexity index is 1150.